The lowest BCUT2D eigenvalue weighted by Gasteiger charge is -2.12. The molecule has 3 aromatic carbocycles. The zero-order valence-electron chi connectivity index (χ0n) is 21.2. The number of para-hydroxylation sites is 2. The number of ether oxygens (including phenoxy) is 2. The Bertz CT molecular complexity index is 1180. The smallest absolute Gasteiger partial charge is 0.255 e. The lowest BCUT2D eigenvalue weighted by molar-refractivity contribution is 0.0929. The van der Waals surface area contributed by atoms with Gasteiger partial charge in [-0.2, -0.15) is 0 Å². The Balaban J connectivity index is 1.66. The molecule has 0 aliphatic carbocycles. The van der Waals surface area contributed by atoms with Crippen molar-refractivity contribution < 1.29 is 28.7 Å². The first-order chi connectivity index (χ1) is 18.4. The van der Waals surface area contributed by atoms with Gasteiger partial charge in [-0.05, 0) is 48.5 Å². The molecule has 198 valence electrons. The SMILES string of the molecule is COCCNC(=O)c1ccccc1NC(=O)c1ccc(C(=O)Nc2ccccc2C(=O)NCCOC)cc1. The van der Waals surface area contributed by atoms with Gasteiger partial charge in [0.05, 0.1) is 35.7 Å². The van der Waals surface area contributed by atoms with Gasteiger partial charge in [-0.3, -0.25) is 19.2 Å². The summed E-state index contributed by atoms with van der Waals surface area (Å²) in [6.45, 7) is 1.41. The summed E-state index contributed by atoms with van der Waals surface area (Å²) in [5.41, 5.74) is 1.95. The lowest BCUT2D eigenvalue weighted by atomic mass is 10.1. The van der Waals surface area contributed by atoms with Crippen LogP contribution in [0.2, 0.25) is 0 Å². The summed E-state index contributed by atoms with van der Waals surface area (Å²) >= 11 is 0. The first-order valence-corrected chi connectivity index (χ1v) is 11.9. The van der Waals surface area contributed by atoms with Crippen molar-refractivity contribution >= 4 is 35.0 Å². The highest BCUT2D eigenvalue weighted by Gasteiger charge is 2.16. The number of anilines is 2. The first kappa shape index (κ1) is 28.0. The minimum absolute atomic E-state index is 0.300. The molecule has 3 aromatic rings. The topological polar surface area (TPSA) is 135 Å². The highest BCUT2D eigenvalue weighted by Crippen LogP contribution is 2.18. The van der Waals surface area contributed by atoms with E-state index in [0.717, 1.165) is 0 Å². The fourth-order valence-corrected chi connectivity index (χ4v) is 3.47. The van der Waals surface area contributed by atoms with Crippen LogP contribution in [0.1, 0.15) is 41.4 Å². The average molecular weight is 519 g/mol. The van der Waals surface area contributed by atoms with E-state index in [2.05, 4.69) is 21.3 Å². The van der Waals surface area contributed by atoms with Crippen LogP contribution in [-0.4, -0.2) is 64.2 Å². The van der Waals surface area contributed by atoms with Crippen LogP contribution in [0.5, 0.6) is 0 Å². The zero-order valence-corrected chi connectivity index (χ0v) is 21.2. The van der Waals surface area contributed by atoms with Crippen molar-refractivity contribution in [2.75, 3.05) is 51.2 Å². The van der Waals surface area contributed by atoms with Crippen molar-refractivity contribution in [1.82, 2.24) is 10.6 Å². The molecule has 0 saturated carbocycles. The van der Waals surface area contributed by atoms with Crippen LogP contribution in [0, 0.1) is 0 Å². The molecule has 0 radical (unpaired) electrons. The minimum atomic E-state index is -0.438. The Morgan fingerprint density at radius 3 is 1.29 bits per heavy atom. The van der Waals surface area contributed by atoms with E-state index in [-0.39, 0.29) is 11.8 Å². The average Bonchev–Trinajstić information content (AvgIpc) is 2.93. The van der Waals surface area contributed by atoms with E-state index in [4.69, 9.17) is 9.47 Å². The summed E-state index contributed by atoms with van der Waals surface area (Å²) in [5.74, 6) is -1.55. The summed E-state index contributed by atoms with van der Waals surface area (Å²) in [6.07, 6.45) is 0. The van der Waals surface area contributed by atoms with Gasteiger partial charge < -0.3 is 30.7 Å². The molecule has 38 heavy (non-hydrogen) atoms. The van der Waals surface area contributed by atoms with E-state index < -0.39 is 11.8 Å². The molecule has 0 spiro atoms. The lowest BCUT2D eigenvalue weighted by Crippen LogP contribution is -2.28. The van der Waals surface area contributed by atoms with Crippen LogP contribution in [-0.2, 0) is 9.47 Å². The first-order valence-electron chi connectivity index (χ1n) is 11.9. The molecule has 0 heterocycles. The Hall–Kier alpha value is -4.54. The molecule has 4 N–H and O–H groups in total. The van der Waals surface area contributed by atoms with Crippen LogP contribution in [0.3, 0.4) is 0 Å². The molecular weight excluding hydrogens is 488 g/mol. The molecule has 10 heteroatoms. The minimum Gasteiger partial charge on any atom is -0.383 e. The Morgan fingerprint density at radius 1 is 0.553 bits per heavy atom. The van der Waals surface area contributed by atoms with Gasteiger partial charge in [-0.15, -0.1) is 0 Å². The third-order valence-electron chi connectivity index (χ3n) is 5.43. The summed E-state index contributed by atoms with van der Waals surface area (Å²) in [6, 6.07) is 19.4. The van der Waals surface area contributed by atoms with Crippen LogP contribution < -0.4 is 21.3 Å². The maximum Gasteiger partial charge on any atom is 0.255 e. The molecule has 0 atom stereocenters. The van der Waals surface area contributed by atoms with Crippen LogP contribution in [0.25, 0.3) is 0 Å². The molecular formula is C28H30N4O6. The highest BCUT2D eigenvalue weighted by molar-refractivity contribution is 6.11. The molecule has 0 aliphatic rings. The van der Waals surface area contributed by atoms with Crippen LogP contribution in [0.4, 0.5) is 11.4 Å². The number of rotatable bonds is 12. The summed E-state index contributed by atoms with van der Waals surface area (Å²) in [4.78, 5) is 50.6. The molecule has 0 aromatic heterocycles. The monoisotopic (exact) mass is 518 g/mol. The summed E-state index contributed by atoms with van der Waals surface area (Å²) in [7, 11) is 3.08. The second kappa shape index (κ2) is 14.3. The van der Waals surface area contributed by atoms with E-state index in [0.29, 0.717) is 59.9 Å². The molecule has 0 bridgehead atoms. The van der Waals surface area contributed by atoms with Gasteiger partial charge in [0.1, 0.15) is 0 Å². The van der Waals surface area contributed by atoms with Crippen molar-refractivity contribution in [1.29, 1.82) is 0 Å². The summed E-state index contributed by atoms with van der Waals surface area (Å²) < 4.78 is 9.88. The predicted molar refractivity (Wildman–Crippen MR) is 144 cm³/mol. The fraction of sp³-hybridized carbons (Fsp3) is 0.214. The van der Waals surface area contributed by atoms with Gasteiger partial charge in [0, 0.05) is 38.4 Å². The maximum absolute atomic E-state index is 12.8. The number of benzene rings is 3. The number of methoxy groups -OCH3 is 2. The van der Waals surface area contributed by atoms with E-state index in [1.54, 1.807) is 62.8 Å². The molecule has 0 unspecified atom stereocenters. The van der Waals surface area contributed by atoms with Gasteiger partial charge >= 0.3 is 0 Å². The zero-order chi connectivity index (χ0) is 27.3. The van der Waals surface area contributed by atoms with Gasteiger partial charge in [0.2, 0.25) is 0 Å². The highest BCUT2D eigenvalue weighted by atomic mass is 16.5. The molecule has 10 nitrogen and oxygen atoms in total. The number of carbonyl (C=O) groups is 4. The van der Waals surface area contributed by atoms with Crippen molar-refractivity contribution in [2.24, 2.45) is 0 Å². The Labute approximate surface area is 220 Å². The van der Waals surface area contributed by atoms with Crippen molar-refractivity contribution in [2.45, 2.75) is 0 Å². The predicted octanol–water partition coefficient (Wildman–Crippen LogP) is 2.94. The van der Waals surface area contributed by atoms with E-state index in [9.17, 15) is 19.2 Å². The molecule has 4 amide bonds. The van der Waals surface area contributed by atoms with Crippen molar-refractivity contribution in [3.63, 3.8) is 0 Å². The van der Waals surface area contributed by atoms with Crippen LogP contribution >= 0.6 is 0 Å². The number of hydrogen-bond acceptors (Lipinski definition) is 6. The number of carbonyl (C=O) groups excluding carboxylic acids is 4. The largest absolute Gasteiger partial charge is 0.383 e. The van der Waals surface area contributed by atoms with Gasteiger partial charge in [0.15, 0.2) is 0 Å². The van der Waals surface area contributed by atoms with Crippen molar-refractivity contribution in [3.05, 3.63) is 95.1 Å². The van der Waals surface area contributed by atoms with Crippen molar-refractivity contribution in [3.8, 4) is 0 Å². The van der Waals surface area contributed by atoms with E-state index >= 15 is 0 Å². The normalized spacial score (nSPS) is 10.4. The standard InChI is InChI=1S/C28H30N4O6/c1-37-17-15-29-27(35)21-7-3-5-9-23(21)31-25(33)19-11-13-20(14-12-19)26(34)32-24-10-6-4-8-22(24)28(36)30-16-18-38-2/h3-14H,15-18H2,1-2H3,(H,29,35)(H,30,36)(H,31,33)(H,32,34). The quantitative estimate of drug-likeness (QED) is 0.272. The van der Waals surface area contributed by atoms with Gasteiger partial charge in [-0.25, -0.2) is 0 Å². The molecule has 0 aliphatic heterocycles. The second-order valence-electron chi connectivity index (χ2n) is 8.07. The number of nitrogens with one attached hydrogen (secondary N) is 4. The molecule has 0 saturated heterocycles. The third kappa shape index (κ3) is 7.73. The van der Waals surface area contributed by atoms with E-state index in [1.165, 1.54) is 24.3 Å². The third-order valence-corrected chi connectivity index (χ3v) is 5.43. The number of amides is 4. The fourth-order valence-electron chi connectivity index (χ4n) is 3.47. The van der Waals surface area contributed by atoms with Crippen LogP contribution in [0.15, 0.2) is 72.8 Å². The maximum atomic E-state index is 12.8. The van der Waals surface area contributed by atoms with E-state index in [1.807, 2.05) is 0 Å². The molecule has 0 fully saturated rings. The van der Waals surface area contributed by atoms with Gasteiger partial charge in [0.25, 0.3) is 23.6 Å². The van der Waals surface area contributed by atoms with Gasteiger partial charge in [-0.1, -0.05) is 24.3 Å². The Kier molecular flexibility index (Phi) is 10.5. The second-order valence-corrected chi connectivity index (χ2v) is 8.07. The summed E-state index contributed by atoms with van der Waals surface area (Å²) in [5, 5.41) is 10.9. The number of hydrogen-bond donors (Lipinski definition) is 4. The molecule has 3 rings (SSSR count). The Morgan fingerprint density at radius 2 is 0.921 bits per heavy atom.